The molecule has 0 fully saturated rings. The van der Waals surface area contributed by atoms with E-state index in [2.05, 4.69) is 53.3 Å². The molecule has 1 heterocycles. The molecule has 0 saturated heterocycles. The van der Waals surface area contributed by atoms with Crippen LogP contribution in [-0.4, -0.2) is 13.2 Å². The molecule has 1 aliphatic rings. The molecule has 1 aromatic rings. The number of ether oxygens (including phenoxy) is 1. The third-order valence-electron chi connectivity index (χ3n) is 3.82. The van der Waals surface area contributed by atoms with E-state index < -0.39 is 0 Å². The highest BCUT2D eigenvalue weighted by Gasteiger charge is 2.30. The highest BCUT2D eigenvalue weighted by atomic mass is 79.9. The summed E-state index contributed by atoms with van der Waals surface area (Å²) in [5, 5.41) is 3.41. The number of hydrogen-bond donors (Lipinski definition) is 1. The SMILES string of the molecule is CCCC(C)C1CC(NC)c2ccc(Br)cc2O1. The first-order valence-electron chi connectivity index (χ1n) is 6.79. The van der Waals surface area contributed by atoms with Gasteiger partial charge in [-0.25, -0.2) is 0 Å². The summed E-state index contributed by atoms with van der Waals surface area (Å²) in [6.45, 7) is 4.53. The fourth-order valence-corrected chi connectivity index (χ4v) is 3.07. The number of hydrogen-bond acceptors (Lipinski definition) is 2. The van der Waals surface area contributed by atoms with Gasteiger partial charge in [0.05, 0.1) is 0 Å². The van der Waals surface area contributed by atoms with Gasteiger partial charge in [0.2, 0.25) is 0 Å². The molecule has 100 valence electrons. The summed E-state index contributed by atoms with van der Waals surface area (Å²) < 4.78 is 7.27. The lowest BCUT2D eigenvalue weighted by Gasteiger charge is -2.35. The van der Waals surface area contributed by atoms with Crippen LogP contribution in [0.4, 0.5) is 0 Å². The second-order valence-electron chi connectivity index (χ2n) is 5.18. The van der Waals surface area contributed by atoms with Gasteiger partial charge < -0.3 is 10.1 Å². The summed E-state index contributed by atoms with van der Waals surface area (Å²) in [5.41, 5.74) is 1.28. The minimum Gasteiger partial charge on any atom is -0.490 e. The van der Waals surface area contributed by atoms with Crippen LogP contribution >= 0.6 is 15.9 Å². The number of halogens is 1. The molecular formula is C15H22BrNO. The van der Waals surface area contributed by atoms with Gasteiger partial charge in [0.1, 0.15) is 11.9 Å². The molecule has 0 aromatic heterocycles. The average molecular weight is 312 g/mol. The highest BCUT2D eigenvalue weighted by Crippen LogP contribution is 2.38. The normalized spacial score (nSPS) is 24.2. The Labute approximate surface area is 118 Å². The van der Waals surface area contributed by atoms with E-state index in [9.17, 15) is 0 Å². The molecule has 18 heavy (non-hydrogen) atoms. The number of benzene rings is 1. The van der Waals surface area contributed by atoms with Crippen LogP contribution in [0.2, 0.25) is 0 Å². The Kier molecular flexibility index (Phi) is 4.68. The van der Waals surface area contributed by atoms with Crippen LogP contribution < -0.4 is 10.1 Å². The second-order valence-corrected chi connectivity index (χ2v) is 6.10. The predicted molar refractivity (Wildman–Crippen MR) is 79.0 cm³/mol. The summed E-state index contributed by atoms with van der Waals surface area (Å²) >= 11 is 3.52. The minimum absolute atomic E-state index is 0.323. The van der Waals surface area contributed by atoms with Crippen molar-refractivity contribution in [3.8, 4) is 5.75 Å². The molecule has 1 aliphatic heterocycles. The van der Waals surface area contributed by atoms with E-state index in [-0.39, 0.29) is 0 Å². The van der Waals surface area contributed by atoms with Gasteiger partial charge in [-0.3, -0.25) is 0 Å². The number of rotatable bonds is 4. The fraction of sp³-hybridized carbons (Fsp3) is 0.600. The van der Waals surface area contributed by atoms with Crippen molar-refractivity contribution in [3.63, 3.8) is 0 Å². The average Bonchev–Trinajstić information content (AvgIpc) is 2.37. The molecule has 0 radical (unpaired) electrons. The topological polar surface area (TPSA) is 21.3 Å². The first-order valence-corrected chi connectivity index (χ1v) is 7.58. The van der Waals surface area contributed by atoms with E-state index >= 15 is 0 Å². The quantitative estimate of drug-likeness (QED) is 0.895. The minimum atomic E-state index is 0.323. The Bertz CT molecular complexity index is 407. The Morgan fingerprint density at radius 2 is 2.28 bits per heavy atom. The molecule has 3 heteroatoms. The van der Waals surface area contributed by atoms with E-state index in [1.807, 2.05) is 7.05 Å². The van der Waals surface area contributed by atoms with E-state index in [0.29, 0.717) is 18.1 Å². The van der Waals surface area contributed by atoms with E-state index in [1.54, 1.807) is 0 Å². The van der Waals surface area contributed by atoms with E-state index in [0.717, 1.165) is 16.6 Å². The lowest BCUT2D eigenvalue weighted by Crippen LogP contribution is -2.35. The molecule has 3 unspecified atom stereocenters. The Morgan fingerprint density at radius 3 is 2.94 bits per heavy atom. The van der Waals surface area contributed by atoms with Crippen LogP contribution in [0.15, 0.2) is 22.7 Å². The molecule has 0 saturated carbocycles. The van der Waals surface area contributed by atoms with Gasteiger partial charge in [-0.15, -0.1) is 0 Å². The van der Waals surface area contributed by atoms with E-state index in [4.69, 9.17) is 4.74 Å². The van der Waals surface area contributed by atoms with Crippen LogP contribution in [0.25, 0.3) is 0 Å². The van der Waals surface area contributed by atoms with Crippen LogP contribution in [0.3, 0.4) is 0 Å². The highest BCUT2D eigenvalue weighted by molar-refractivity contribution is 9.10. The summed E-state index contributed by atoms with van der Waals surface area (Å²) in [6, 6.07) is 6.74. The van der Waals surface area contributed by atoms with Crippen molar-refractivity contribution in [3.05, 3.63) is 28.2 Å². The zero-order valence-corrected chi connectivity index (χ0v) is 13.0. The largest absolute Gasteiger partial charge is 0.490 e. The third kappa shape index (κ3) is 2.89. The van der Waals surface area contributed by atoms with Gasteiger partial charge in [-0.1, -0.05) is 42.3 Å². The molecule has 0 aliphatic carbocycles. The second kappa shape index (κ2) is 6.07. The zero-order valence-electron chi connectivity index (χ0n) is 11.4. The lowest BCUT2D eigenvalue weighted by molar-refractivity contribution is 0.0968. The molecule has 1 N–H and O–H groups in total. The zero-order chi connectivity index (χ0) is 13.1. The van der Waals surface area contributed by atoms with Gasteiger partial charge in [-0.2, -0.15) is 0 Å². The monoisotopic (exact) mass is 311 g/mol. The molecule has 1 aromatic carbocycles. The van der Waals surface area contributed by atoms with Crippen molar-refractivity contribution in [1.29, 1.82) is 0 Å². The van der Waals surface area contributed by atoms with Crippen LogP contribution in [0, 0.1) is 5.92 Å². The standard InChI is InChI=1S/C15H22BrNO/c1-4-5-10(2)14-9-13(17-3)12-7-6-11(16)8-15(12)18-14/h6-8,10,13-14,17H,4-5,9H2,1-3H3. The summed E-state index contributed by atoms with van der Waals surface area (Å²) in [6.07, 6.45) is 3.83. The first-order chi connectivity index (χ1) is 8.65. The number of nitrogens with one attached hydrogen (secondary N) is 1. The fourth-order valence-electron chi connectivity index (χ4n) is 2.73. The van der Waals surface area contributed by atoms with Crippen molar-refractivity contribution in [2.24, 2.45) is 5.92 Å². The van der Waals surface area contributed by atoms with Gasteiger partial charge >= 0.3 is 0 Å². The lowest BCUT2D eigenvalue weighted by atomic mass is 9.88. The van der Waals surface area contributed by atoms with Crippen molar-refractivity contribution in [2.75, 3.05) is 7.05 Å². The van der Waals surface area contributed by atoms with Crippen LogP contribution in [0.1, 0.15) is 44.7 Å². The molecule has 0 amide bonds. The predicted octanol–water partition coefficient (Wildman–Crippen LogP) is 4.30. The smallest absolute Gasteiger partial charge is 0.125 e. The van der Waals surface area contributed by atoms with Crippen LogP contribution in [0.5, 0.6) is 5.75 Å². The maximum Gasteiger partial charge on any atom is 0.125 e. The van der Waals surface area contributed by atoms with Crippen molar-refractivity contribution in [2.45, 2.75) is 45.3 Å². The van der Waals surface area contributed by atoms with Crippen molar-refractivity contribution >= 4 is 15.9 Å². The molecule has 2 rings (SSSR count). The van der Waals surface area contributed by atoms with Gasteiger partial charge in [0, 0.05) is 22.5 Å². The Hall–Kier alpha value is -0.540. The molecular weight excluding hydrogens is 290 g/mol. The summed E-state index contributed by atoms with van der Waals surface area (Å²) in [5.74, 6) is 1.64. The maximum absolute atomic E-state index is 6.19. The van der Waals surface area contributed by atoms with Crippen LogP contribution in [-0.2, 0) is 0 Å². The van der Waals surface area contributed by atoms with Crippen molar-refractivity contribution < 1.29 is 4.74 Å². The summed E-state index contributed by atoms with van der Waals surface area (Å²) in [7, 11) is 2.03. The van der Waals surface area contributed by atoms with Gasteiger partial charge in [0.15, 0.2) is 0 Å². The van der Waals surface area contributed by atoms with Gasteiger partial charge in [0.25, 0.3) is 0 Å². The molecule has 2 nitrogen and oxygen atoms in total. The third-order valence-corrected chi connectivity index (χ3v) is 4.32. The first kappa shape index (κ1) is 13.9. The molecule has 3 atom stereocenters. The Morgan fingerprint density at radius 1 is 1.50 bits per heavy atom. The molecule has 0 bridgehead atoms. The van der Waals surface area contributed by atoms with E-state index in [1.165, 1.54) is 18.4 Å². The van der Waals surface area contributed by atoms with Crippen molar-refractivity contribution in [1.82, 2.24) is 5.32 Å². The Balaban J connectivity index is 2.23. The molecule has 0 spiro atoms. The maximum atomic E-state index is 6.19. The summed E-state index contributed by atoms with van der Waals surface area (Å²) in [4.78, 5) is 0. The van der Waals surface area contributed by atoms with Gasteiger partial charge in [-0.05, 0) is 31.5 Å². The number of fused-ring (bicyclic) bond motifs is 1.